The summed E-state index contributed by atoms with van der Waals surface area (Å²) in [6.07, 6.45) is 0.964. The summed E-state index contributed by atoms with van der Waals surface area (Å²) in [5, 5.41) is 23.6. The Bertz CT molecular complexity index is 1170. The molecule has 0 radical (unpaired) electrons. The molecule has 1 aliphatic heterocycles. The summed E-state index contributed by atoms with van der Waals surface area (Å²) in [6, 6.07) is 11.2. The molecule has 3 aromatic rings. The molecule has 2 heterocycles. The van der Waals surface area contributed by atoms with Crippen LogP contribution in [0.3, 0.4) is 0 Å². The second-order valence-corrected chi connectivity index (χ2v) is 7.75. The molecule has 0 spiro atoms. The van der Waals surface area contributed by atoms with Crippen molar-refractivity contribution in [2.24, 2.45) is 5.73 Å². The molecule has 33 heavy (non-hydrogen) atoms. The lowest BCUT2D eigenvalue weighted by Gasteiger charge is -2.28. The number of aromatic nitrogens is 3. The van der Waals surface area contributed by atoms with Gasteiger partial charge in [-0.3, -0.25) is 9.69 Å². The number of carbonyl (C=O) groups excluding carboxylic acids is 1. The Hall–Kier alpha value is -3.76. The van der Waals surface area contributed by atoms with Gasteiger partial charge in [0.2, 0.25) is 5.95 Å². The number of carbonyl (C=O) groups is 1. The van der Waals surface area contributed by atoms with Gasteiger partial charge in [-0.1, -0.05) is 19.1 Å². The van der Waals surface area contributed by atoms with E-state index in [1.54, 1.807) is 31.4 Å². The number of benzene rings is 2. The Morgan fingerprint density at radius 3 is 2.79 bits per heavy atom. The second-order valence-electron chi connectivity index (χ2n) is 7.75. The van der Waals surface area contributed by atoms with Crippen LogP contribution in [0.5, 0.6) is 5.75 Å². The van der Waals surface area contributed by atoms with Crippen LogP contribution in [0.25, 0.3) is 0 Å². The Labute approximate surface area is 191 Å². The van der Waals surface area contributed by atoms with Gasteiger partial charge in [0.25, 0.3) is 5.91 Å². The zero-order valence-corrected chi connectivity index (χ0v) is 18.6. The summed E-state index contributed by atoms with van der Waals surface area (Å²) in [7, 11) is 1.62. The fraction of sp³-hybridized carbons (Fsp3) is 0.304. The van der Waals surface area contributed by atoms with Gasteiger partial charge in [-0.2, -0.15) is 4.98 Å². The maximum Gasteiger partial charge on any atom is 0.273 e. The van der Waals surface area contributed by atoms with Crippen molar-refractivity contribution in [1.82, 2.24) is 20.1 Å². The third-order valence-corrected chi connectivity index (χ3v) is 5.60. The molecule has 1 aliphatic rings. The molecular weight excluding hydrogens is 422 g/mol. The molecule has 0 saturated heterocycles. The van der Waals surface area contributed by atoms with E-state index in [1.807, 2.05) is 12.1 Å². The number of aliphatic hydroxyl groups is 1. The van der Waals surface area contributed by atoms with E-state index in [-0.39, 0.29) is 24.1 Å². The summed E-state index contributed by atoms with van der Waals surface area (Å²) < 4.78 is 5.58. The third kappa shape index (κ3) is 5.02. The summed E-state index contributed by atoms with van der Waals surface area (Å²) in [5.74, 6) is 0.256. The summed E-state index contributed by atoms with van der Waals surface area (Å²) in [5.41, 5.74) is 9.89. The van der Waals surface area contributed by atoms with E-state index in [1.165, 1.54) is 11.1 Å². The van der Waals surface area contributed by atoms with Crippen LogP contribution < -0.4 is 21.1 Å². The first-order chi connectivity index (χ1) is 16.0. The van der Waals surface area contributed by atoms with Crippen molar-refractivity contribution in [2.45, 2.75) is 26.5 Å². The number of hydrogen-bond acceptors (Lipinski definition) is 9. The average molecular weight is 450 g/mol. The van der Waals surface area contributed by atoms with E-state index in [4.69, 9.17) is 10.5 Å². The predicted octanol–water partition coefficient (Wildman–Crippen LogP) is 2.34. The Balaban J connectivity index is 1.66. The minimum atomic E-state index is -0.756. The summed E-state index contributed by atoms with van der Waals surface area (Å²) in [4.78, 5) is 18.7. The summed E-state index contributed by atoms with van der Waals surface area (Å²) in [6.45, 7) is 4.91. The molecule has 2 aromatic carbocycles. The number of amides is 1. The number of methoxy groups -OCH3 is 1. The minimum Gasteiger partial charge on any atom is -0.495 e. The molecule has 4 rings (SSSR count). The molecule has 5 N–H and O–H groups in total. The largest absolute Gasteiger partial charge is 0.495 e. The molecule has 1 aromatic heterocycles. The fourth-order valence-electron chi connectivity index (χ4n) is 3.82. The van der Waals surface area contributed by atoms with Gasteiger partial charge in [-0.05, 0) is 53.9 Å². The lowest BCUT2D eigenvalue weighted by molar-refractivity contribution is 0.0995. The SMILES string of the molecule is CCN1CCc2cc(OC)c(Nc3nnc(C(N)=O)c(Nc4cccc(CO)c4)n3)cc2C1. The Morgan fingerprint density at radius 2 is 2.06 bits per heavy atom. The highest BCUT2D eigenvalue weighted by Crippen LogP contribution is 2.33. The number of fused-ring (bicyclic) bond motifs is 1. The van der Waals surface area contributed by atoms with Crippen LogP contribution in [0.2, 0.25) is 0 Å². The molecule has 0 unspecified atom stereocenters. The number of nitrogens with one attached hydrogen (secondary N) is 2. The number of primary amides is 1. The lowest BCUT2D eigenvalue weighted by atomic mass is 9.98. The molecule has 0 atom stereocenters. The number of ether oxygens (including phenoxy) is 1. The molecule has 172 valence electrons. The first kappa shape index (κ1) is 22.4. The quantitative estimate of drug-likeness (QED) is 0.408. The highest BCUT2D eigenvalue weighted by Gasteiger charge is 2.20. The highest BCUT2D eigenvalue weighted by molar-refractivity contribution is 5.96. The topological polar surface area (TPSA) is 139 Å². The zero-order valence-electron chi connectivity index (χ0n) is 18.6. The van der Waals surface area contributed by atoms with Gasteiger partial charge < -0.3 is 26.2 Å². The number of anilines is 4. The lowest BCUT2D eigenvalue weighted by Crippen LogP contribution is -2.30. The van der Waals surface area contributed by atoms with E-state index < -0.39 is 5.91 Å². The molecule has 0 saturated carbocycles. The van der Waals surface area contributed by atoms with Gasteiger partial charge in [-0.25, -0.2) is 0 Å². The molecule has 10 nitrogen and oxygen atoms in total. The number of hydrogen-bond donors (Lipinski definition) is 4. The van der Waals surface area contributed by atoms with Crippen molar-refractivity contribution in [3.8, 4) is 5.75 Å². The van der Waals surface area contributed by atoms with Crippen LogP contribution in [0.4, 0.5) is 23.1 Å². The van der Waals surface area contributed by atoms with E-state index in [0.29, 0.717) is 22.7 Å². The fourth-order valence-corrected chi connectivity index (χ4v) is 3.82. The monoisotopic (exact) mass is 449 g/mol. The number of nitrogens with two attached hydrogens (primary N) is 1. The molecule has 0 aliphatic carbocycles. The van der Waals surface area contributed by atoms with Crippen LogP contribution >= 0.6 is 0 Å². The maximum absolute atomic E-state index is 11.9. The molecular formula is C23H27N7O3. The van der Waals surface area contributed by atoms with Crippen molar-refractivity contribution in [2.75, 3.05) is 30.8 Å². The number of nitrogens with zero attached hydrogens (tertiary/aromatic N) is 4. The first-order valence-corrected chi connectivity index (χ1v) is 10.7. The first-order valence-electron chi connectivity index (χ1n) is 10.7. The van der Waals surface area contributed by atoms with Crippen LogP contribution in [0.1, 0.15) is 34.1 Å². The number of rotatable bonds is 8. The molecule has 0 bridgehead atoms. The average Bonchev–Trinajstić information content (AvgIpc) is 2.83. The van der Waals surface area contributed by atoms with E-state index in [0.717, 1.165) is 26.1 Å². The van der Waals surface area contributed by atoms with Crippen LogP contribution in [0, 0.1) is 0 Å². The Morgan fingerprint density at radius 1 is 1.21 bits per heavy atom. The van der Waals surface area contributed by atoms with Gasteiger partial charge in [0.15, 0.2) is 11.5 Å². The summed E-state index contributed by atoms with van der Waals surface area (Å²) >= 11 is 0. The maximum atomic E-state index is 11.9. The second kappa shape index (κ2) is 9.80. The van der Waals surface area contributed by atoms with Crippen molar-refractivity contribution in [1.29, 1.82) is 0 Å². The van der Waals surface area contributed by atoms with E-state index in [9.17, 15) is 9.90 Å². The van der Waals surface area contributed by atoms with E-state index >= 15 is 0 Å². The normalized spacial score (nSPS) is 13.3. The number of likely N-dealkylation sites (N-methyl/N-ethyl adjacent to an activating group) is 1. The molecule has 0 fully saturated rings. The van der Waals surface area contributed by atoms with Gasteiger partial charge in [0.05, 0.1) is 19.4 Å². The van der Waals surface area contributed by atoms with Crippen LogP contribution in [-0.2, 0) is 19.6 Å². The van der Waals surface area contributed by atoms with Gasteiger partial charge in [-0.15, -0.1) is 10.2 Å². The highest BCUT2D eigenvalue weighted by atomic mass is 16.5. The van der Waals surface area contributed by atoms with Crippen LogP contribution in [-0.4, -0.2) is 51.3 Å². The van der Waals surface area contributed by atoms with Gasteiger partial charge in [0, 0.05) is 18.8 Å². The standard InChI is InChI=1S/C23H27N7O3/c1-3-30-8-7-15-11-19(33-2)18(10-16(15)12-30)26-23-27-22(20(21(24)32)28-29-23)25-17-6-4-5-14(9-17)13-31/h4-6,9-11,31H,3,7-8,12-13H2,1-2H3,(H2,24,32)(H2,25,26,27,29). The van der Waals surface area contributed by atoms with E-state index in [2.05, 4.69) is 37.6 Å². The molecule has 10 heteroatoms. The van der Waals surface area contributed by atoms with Crippen molar-refractivity contribution in [3.05, 3.63) is 58.8 Å². The van der Waals surface area contributed by atoms with Crippen LogP contribution in [0.15, 0.2) is 36.4 Å². The third-order valence-electron chi connectivity index (χ3n) is 5.60. The molecule has 1 amide bonds. The van der Waals surface area contributed by atoms with Crippen molar-refractivity contribution < 1.29 is 14.6 Å². The van der Waals surface area contributed by atoms with Gasteiger partial charge >= 0.3 is 0 Å². The minimum absolute atomic E-state index is 0.0917. The number of aliphatic hydroxyl groups excluding tert-OH is 1. The Kier molecular flexibility index (Phi) is 6.66. The van der Waals surface area contributed by atoms with Crippen molar-refractivity contribution >= 4 is 29.0 Å². The smallest absolute Gasteiger partial charge is 0.273 e. The zero-order chi connectivity index (χ0) is 23.4. The van der Waals surface area contributed by atoms with Crippen molar-refractivity contribution in [3.63, 3.8) is 0 Å². The predicted molar refractivity (Wildman–Crippen MR) is 125 cm³/mol. The van der Waals surface area contributed by atoms with Gasteiger partial charge in [0.1, 0.15) is 5.75 Å².